The Morgan fingerprint density at radius 1 is 1.00 bits per heavy atom. The second-order valence-electron chi connectivity index (χ2n) is 5.63. The summed E-state index contributed by atoms with van der Waals surface area (Å²) in [7, 11) is 1.65. The van der Waals surface area contributed by atoms with E-state index in [2.05, 4.69) is 32.9 Å². The minimum atomic E-state index is 0.488. The first-order chi connectivity index (χ1) is 12.7. The van der Waals surface area contributed by atoms with Gasteiger partial charge in [0.25, 0.3) is 0 Å². The first kappa shape index (κ1) is 29.4. The molecule has 0 heterocycles. The van der Waals surface area contributed by atoms with Gasteiger partial charge in [-0.25, -0.2) is 0 Å². The third kappa shape index (κ3) is 18.2. The Bertz CT molecular complexity index is 554. The van der Waals surface area contributed by atoms with Crippen molar-refractivity contribution < 1.29 is 14.3 Å². The van der Waals surface area contributed by atoms with Crippen LogP contribution in [0.2, 0.25) is 0 Å². The molecular formula is C24H38O3. The Morgan fingerprint density at radius 2 is 1.48 bits per heavy atom. The van der Waals surface area contributed by atoms with E-state index in [1.54, 1.807) is 13.2 Å². The molecule has 0 N–H and O–H groups in total. The molecule has 0 spiro atoms. The van der Waals surface area contributed by atoms with Gasteiger partial charge in [-0.05, 0) is 62.5 Å². The van der Waals surface area contributed by atoms with E-state index in [0.717, 1.165) is 46.3 Å². The van der Waals surface area contributed by atoms with Gasteiger partial charge in [0.1, 0.15) is 18.7 Å². The van der Waals surface area contributed by atoms with Crippen molar-refractivity contribution in [1.29, 1.82) is 0 Å². The van der Waals surface area contributed by atoms with E-state index in [0.29, 0.717) is 13.2 Å². The molecule has 0 aromatic rings. The van der Waals surface area contributed by atoms with Crippen LogP contribution in [-0.2, 0) is 14.3 Å². The standard InChI is InChI=1S/C19H28O2.C3H6.C2H4O/c1-9-15(4)19(21-11-10-20-8)13-17(6)18(7)16(5)12-14(2)3;1-3-2;1-2-3/h12-13H,2,4,6-7,9-11H2,1,3,5,8H3;3H,1H2,2H3;2H,1H3/b16-12-,19-13+;;. The van der Waals surface area contributed by atoms with Crippen LogP contribution < -0.4 is 0 Å². The van der Waals surface area contributed by atoms with Crippen LogP contribution in [0.4, 0.5) is 0 Å². The SMILES string of the molecule is C=C(C)/C=C(/C)C(=C)C(=C)/C=C(/OCCOC)C(=C)CC.C=CC.CC=O. The lowest BCUT2D eigenvalue weighted by molar-refractivity contribution is -0.106. The Labute approximate surface area is 167 Å². The van der Waals surface area contributed by atoms with Gasteiger partial charge in [0.2, 0.25) is 0 Å². The fourth-order valence-electron chi connectivity index (χ4n) is 1.61. The second-order valence-corrected chi connectivity index (χ2v) is 5.63. The molecule has 0 bridgehead atoms. The van der Waals surface area contributed by atoms with Gasteiger partial charge in [-0.1, -0.05) is 51.0 Å². The van der Waals surface area contributed by atoms with E-state index in [1.165, 1.54) is 6.92 Å². The maximum absolute atomic E-state index is 8.81. The fraction of sp³-hybridized carbons (Fsp3) is 0.375. The van der Waals surface area contributed by atoms with E-state index in [9.17, 15) is 0 Å². The molecule has 0 radical (unpaired) electrons. The van der Waals surface area contributed by atoms with Crippen LogP contribution in [0.3, 0.4) is 0 Å². The average Bonchev–Trinajstić information content (AvgIpc) is 2.60. The number of hydrogen-bond acceptors (Lipinski definition) is 3. The number of methoxy groups -OCH3 is 1. The monoisotopic (exact) mass is 374 g/mol. The van der Waals surface area contributed by atoms with Gasteiger partial charge in [0.15, 0.2) is 0 Å². The van der Waals surface area contributed by atoms with Gasteiger partial charge >= 0.3 is 0 Å². The molecule has 0 atom stereocenters. The Hall–Kier alpha value is -2.39. The van der Waals surface area contributed by atoms with Crippen LogP contribution in [0.1, 0.15) is 41.0 Å². The highest BCUT2D eigenvalue weighted by atomic mass is 16.5. The normalized spacial score (nSPS) is 10.3. The minimum Gasteiger partial charge on any atom is -0.491 e. The average molecular weight is 375 g/mol. The van der Waals surface area contributed by atoms with Crippen molar-refractivity contribution in [1.82, 2.24) is 0 Å². The van der Waals surface area contributed by atoms with Gasteiger partial charge in [0.05, 0.1) is 6.61 Å². The van der Waals surface area contributed by atoms with E-state index < -0.39 is 0 Å². The van der Waals surface area contributed by atoms with Crippen molar-refractivity contribution in [2.45, 2.75) is 41.0 Å². The highest BCUT2D eigenvalue weighted by Gasteiger charge is 2.06. The van der Waals surface area contributed by atoms with Crippen molar-refractivity contribution in [3.63, 3.8) is 0 Å². The summed E-state index contributed by atoms with van der Waals surface area (Å²) < 4.78 is 10.7. The molecule has 0 rings (SSSR count). The molecule has 0 unspecified atom stereocenters. The molecule has 0 aliphatic rings. The van der Waals surface area contributed by atoms with E-state index >= 15 is 0 Å². The van der Waals surface area contributed by atoms with Crippen LogP contribution in [0, 0.1) is 0 Å². The summed E-state index contributed by atoms with van der Waals surface area (Å²) >= 11 is 0. The number of rotatable bonds is 10. The molecule has 0 aromatic carbocycles. The molecular weight excluding hydrogens is 336 g/mol. The first-order valence-electron chi connectivity index (χ1n) is 8.87. The largest absolute Gasteiger partial charge is 0.491 e. The molecule has 0 aromatic heterocycles. The van der Waals surface area contributed by atoms with Crippen molar-refractivity contribution in [3.05, 3.63) is 84.7 Å². The first-order valence-corrected chi connectivity index (χ1v) is 8.87. The van der Waals surface area contributed by atoms with Crippen LogP contribution in [0.25, 0.3) is 0 Å². The van der Waals surface area contributed by atoms with Gasteiger partial charge < -0.3 is 14.3 Å². The highest BCUT2D eigenvalue weighted by molar-refractivity contribution is 5.51. The maximum atomic E-state index is 8.81. The molecule has 0 aliphatic carbocycles. The number of hydrogen-bond donors (Lipinski definition) is 0. The number of carbonyl (C=O) groups excluding carboxylic acids is 1. The second kappa shape index (κ2) is 19.9. The zero-order valence-electron chi connectivity index (χ0n) is 18.2. The lowest BCUT2D eigenvalue weighted by Crippen LogP contribution is -2.04. The van der Waals surface area contributed by atoms with E-state index in [4.69, 9.17) is 14.3 Å². The van der Waals surface area contributed by atoms with E-state index in [-0.39, 0.29) is 0 Å². The van der Waals surface area contributed by atoms with Crippen molar-refractivity contribution >= 4 is 6.29 Å². The van der Waals surface area contributed by atoms with E-state index in [1.807, 2.05) is 39.8 Å². The molecule has 3 heteroatoms. The van der Waals surface area contributed by atoms with Crippen LogP contribution in [0.5, 0.6) is 0 Å². The highest BCUT2D eigenvalue weighted by Crippen LogP contribution is 2.22. The Kier molecular flexibility index (Phi) is 21.7. The lowest BCUT2D eigenvalue weighted by atomic mass is 9.99. The number of allylic oxidation sites excluding steroid dienone is 8. The molecule has 0 saturated carbocycles. The molecule has 0 amide bonds. The summed E-state index contributed by atoms with van der Waals surface area (Å²) in [6, 6.07) is 0. The summed E-state index contributed by atoms with van der Waals surface area (Å²) in [5.41, 5.74) is 4.64. The molecule has 152 valence electrons. The summed E-state index contributed by atoms with van der Waals surface area (Å²) in [5.74, 6) is 0.740. The maximum Gasteiger partial charge on any atom is 0.122 e. The third-order valence-corrected chi connectivity index (χ3v) is 2.95. The van der Waals surface area contributed by atoms with Crippen LogP contribution in [-0.4, -0.2) is 26.6 Å². The quantitative estimate of drug-likeness (QED) is 0.143. The van der Waals surface area contributed by atoms with Gasteiger partial charge in [-0.15, -0.1) is 6.58 Å². The van der Waals surface area contributed by atoms with Crippen LogP contribution >= 0.6 is 0 Å². The summed E-state index contributed by atoms with van der Waals surface area (Å²) in [6.45, 7) is 29.8. The third-order valence-electron chi connectivity index (χ3n) is 2.95. The summed E-state index contributed by atoms with van der Waals surface area (Å²) in [6.07, 6.45) is 7.19. The van der Waals surface area contributed by atoms with Crippen LogP contribution in [0.15, 0.2) is 84.7 Å². The van der Waals surface area contributed by atoms with Crippen molar-refractivity contribution in [3.8, 4) is 0 Å². The van der Waals surface area contributed by atoms with Gasteiger partial charge in [-0.3, -0.25) is 0 Å². The summed E-state index contributed by atoms with van der Waals surface area (Å²) in [4.78, 5) is 8.81. The smallest absolute Gasteiger partial charge is 0.122 e. The van der Waals surface area contributed by atoms with Crippen molar-refractivity contribution in [2.24, 2.45) is 0 Å². The van der Waals surface area contributed by atoms with Crippen molar-refractivity contribution in [2.75, 3.05) is 20.3 Å². The molecule has 0 saturated heterocycles. The molecule has 0 aliphatic heterocycles. The zero-order chi connectivity index (χ0) is 21.8. The summed E-state index contributed by atoms with van der Waals surface area (Å²) in [5, 5.41) is 0. The van der Waals surface area contributed by atoms with Gasteiger partial charge in [0, 0.05) is 7.11 Å². The number of ether oxygens (including phenoxy) is 2. The molecule has 3 nitrogen and oxygen atoms in total. The zero-order valence-corrected chi connectivity index (χ0v) is 18.2. The Balaban J connectivity index is -0.000000840. The number of aldehydes is 1. The predicted octanol–water partition coefficient (Wildman–Crippen LogP) is 6.53. The van der Waals surface area contributed by atoms with Gasteiger partial charge in [-0.2, -0.15) is 0 Å². The lowest BCUT2D eigenvalue weighted by Gasteiger charge is -2.14. The molecule has 0 fully saturated rings. The fourth-order valence-corrected chi connectivity index (χ4v) is 1.61. The molecule has 27 heavy (non-hydrogen) atoms. The topological polar surface area (TPSA) is 35.5 Å². The predicted molar refractivity (Wildman–Crippen MR) is 120 cm³/mol. The number of carbonyl (C=O) groups is 1. The minimum absolute atomic E-state index is 0.488. The Morgan fingerprint density at radius 3 is 1.85 bits per heavy atom.